The number of amides is 2. The molecule has 0 atom stereocenters. The van der Waals surface area contributed by atoms with Crippen LogP contribution in [-0.4, -0.2) is 54.9 Å². The van der Waals surface area contributed by atoms with E-state index in [0.29, 0.717) is 25.4 Å². The molecular formula is C15H22N4O4. The van der Waals surface area contributed by atoms with Gasteiger partial charge in [-0.15, -0.1) is 0 Å². The van der Waals surface area contributed by atoms with Crippen LogP contribution in [0.3, 0.4) is 0 Å². The van der Waals surface area contributed by atoms with Crippen molar-refractivity contribution in [3.63, 3.8) is 0 Å². The Morgan fingerprint density at radius 1 is 1.35 bits per heavy atom. The number of ether oxygens (including phenoxy) is 2. The number of methoxy groups -OCH3 is 1. The van der Waals surface area contributed by atoms with Gasteiger partial charge in [-0.25, -0.2) is 14.6 Å². The number of anilines is 2. The predicted octanol–water partition coefficient (Wildman–Crippen LogP) is 2.29. The lowest BCUT2D eigenvalue weighted by molar-refractivity contribution is 0.0983. The van der Waals surface area contributed by atoms with Crippen molar-refractivity contribution in [1.29, 1.82) is 0 Å². The lowest BCUT2D eigenvalue weighted by Crippen LogP contribution is -2.42. The van der Waals surface area contributed by atoms with E-state index in [0.717, 1.165) is 18.7 Å². The number of aromatic nitrogens is 1. The summed E-state index contributed by atoms with van der Waals surface area (Å²) >= 11 is 0. The van der Waals surface area contributed by atoms with Crippen LogP contribution in [0.15, 0.2) is 18.3 Å². The van der Waals surface area contributed by atoms with Crippen LogP contribution in [0.1, 0.15) is 19.8 Å². The first-order chi connectivity index (χ1) is 11.1. The summed E-state index contributed by atoms with van der Waals surface area (Å²) in [7, 11) is 1.31. The Hall–Kier alpha value is -2.51. The van der Waals surface area contributed by atoms with Gasteiger partial charge in [0.05, 0.1) is 25.6 Å². The molecule has 23 heavy (non-hydrogen) atoms. The van der Waals surface area contributed by atoms with Crippen LogP contribution in [0.25, 0.3) is 0 Å². The Morgan fingerprint density at radius 3 is 2.65 bits per heavy atom. The van der Waals surface area contributed by atoms with Crippen LogP contribution in [0, 0.1) is 0 Å². The quantitative estimate of drug-likeness (QED) is 0.883. The third-order valence-electron chi connectivity index (χ3n) is 3.57. The molecule has 0 radical (unpaired) electrons. The van der Waals surface area contributed by atoms with E-state index in [1.54, 1.807) is 30.2 Å². The largest absolute Gasteiger partial charge is 0.453 e. The summed E-state index contributed by atoms with van der Waals surface area (Å²) in [6.45, 7) is 3.53. The average molecular weight is 322 g/mol. The van der Waals surface area contributed by atoms with Crippen molar-refractivity contribution in [3.05, 3.63) is 18.3 Å². The second-order valence-corrected chi connectivity index (χ2v) is 5.15. The number of carbonyl (C=O) groups excluding carboxylic acids is 2. The lowest BCUT2D eigenvalue weighted by atomic mass is 10.1. The molecular weight excluding hydrogens is 300 g/mol. The van der Waals surface area contributed by atoms with Crippen molar-refractivity contribution in [2.24, 2.45) is 0 Å². The third-order valence-corrected chi connectivity index (χ3v) is 3.57. The molecule has 8 nitrogen and oxygen atoms in total. The molecule has 0 aliphatic carbocycles. The van der Waals surface area contributed by atoms with Crippen LogP contribution in [0.2, 0.25) is 0 Å². The molecule has 0 saturated carbocycles. The molecule has 8 heteroatoms. The Labute approximate surface area is 135 Å². The molecule has 1 fully saturated rings. The molecule has 2 amide bonds. The van der Waals surface area contributed by atoms with E-state index < -0.39 is 6.09 Å². The number of hydrogen-bond donors (Lipinski definition) is 2. The minimum atomic E-state index is -0.529. The number of pyridine rings is 1. The van der Waals surface area contributed by atoms with Crippen molar-refractivity contribution >= 4 is 23.7 Å². The van der Waals surface area contributed by atoms with E-state index >= 15 is 0 Å². The maximum atomic E-state index is 11.6. The van der Waals surface area contributed by atoms with Gasteiger partial charge in [-0.05, 0) is 31.9 Å². The van der Waals surface area contributed by atoms with E-state index in [9.17, 15) is 9.59 Å². The first kappa shape index (κ1) is 16.9. The smallest absolute Gasteiger partial charge is 0.411 e. The van der Waals surface area contributed by atoms with Gasteiger partial charge < -0.3 is 19.7 Å². The average Bonchev–Trinajstić information content (AvgIpc) is 2.57. The van der Waals surface area contributed by atoms with Crippen molar-refractivity contribution < 1.29 is 19.1 Å². The van der Waals surface area contributed by atoms with E-state index in [2.05, 4.69) is 20.4 Å². The minimum absolute atomic E-state index is 0.248. The van der Waals surface area contributed by atoms with Crippen molar-refractivity contribution in [3.8, 4) is 0 Å². The van der Waals surface area contributed by atoms with E-state index in [1.807, 2.05) is 0 Å². The normalized spacial score (nSPS) is 15.0. The molecule has 126 valence electrons. The number of nitrogens with one attached hydrogen (secondary N) is 2. The zero-order valence-corrected chi connectivity index (χ0v) is 13.4. The Morgan fingerprint density at radius 2 is 2.09 bits per heavy atom. The Bertz CT molecular complexity index is 527. The molecule has 0 aromatic carbocycles. The van der Waals surface area contributed by atoms with Gasteiger partial charge in [0.2, 0.25) is 0 Å². The Kier molecular flexibility index (Phi) is 6.02. The number of rotatable bonds is 4. The molecule has 1 aliphatic rings. The summed E-state index contributed by atoms with van der Waals surface area (Å²) in [5, 5.41) is 5.88. The van der Waals surface area contributed by atoms with E-state index in [1.165, 1.54) is 7.11 Å². The highest BCUT2D eigenvalue weighted by Crippen LogP contribution is 2.17. The highest BCUT2D eigenvalue weighted by atomic mass is 16.6. The van der Waals surface area contributed by atoms with Crippen LogP contribution < -0.4 is 10.6 Å². The zero-order valence-electron chi connectivity index (χ0n) is 13.4. The van der Waals surface area contributed by atoms with Gasteiger partial charge in [0.25, 0.3) is 0 Å². The highest BCUT2D eigenvalue weighted by Gasteiger charge is 2.23. The fourth-order valence-electron chi connectivity index (χ4n) is 2.35. The van der Waals surface area contributed by atoms with E-state index in [-0.39, 0.29) is 12.1 Å². The molecule has 0 unspecified atom stereocenters. The standard InChI is InChI=1S/C15H22N4O4/c1-3-23-15(21)19-8-6-11(7-9-19)17-13-5-4-12(10-16-13)18-14(20)22-2/h4-5,10-11H,3,6-9H2,1-2H3,(H,16,17)(H,18,20). The van der Waals surface area contributed by atoms with Crippen LogP contribution in [0.5, 0.6) is 0 Å². The lowest BCUT2D eigenvalue weighted by Gasteiger charge is -2.31. The zero-order chi connectivity index (χ0) is 16.7. The van der Waals surface area contributed by atoms with Gasteiger partial charge in [0, 0.05) is 19.1 Å². The summed E-state index contributed by atoms with van der Waals surface area (Å²) in [6.07, 6.45) is 2.46. The molecule has 0 bridgehead atoms. The number of hydrogen-bond acceptors (Lipinski definition) is 6. The topological polar surface area (TPSA) is 92.8 Å². The van der Waals surface area contributed by atoms with Crippen LogP contribution >= 0.6 is 0 Å². The molecule has 0 spiro atoms. The molecule has 1 aliphatic heterocycles. The van der Waals surface area contributed by atoms with Gasteiger partial charge in [-0.3, -0.25) is 5.32 Å². The fraction of sp³-hybridized carbons (Fsp3) is 0.533. The summed E-state index contributed by atoms with van der Waals surface area (Å²) in [4.78, 5) is 28.7. The summed E-state index contributed by atoms with van der Waals surface area (Å²) in [6, 6.07) is 3.80. The minimum Gasteiger partial charge on any atom is -0.453 e. The third kappa shape index (κ3) is 5.01. The van der Waals surface area contributed by atoms with Crippen molar-refractivity contribution in [2.75, 3.05) is 37.4 Å². The van der Waals surface area contributed by atoms with Crippen LogP contribution in [0.4, 0.5) is 21.1 Å². The SMILES string of the molecule is CCOC(=O)N1CCC(Nc2ccc(NC(=O)OC)cn2)CC1. The summed E-state index contributed by atoms with van der Waals surface area (Å²) in [5.74, 6) is 0.731. The van der Waals surface area contributed by atoms with Gasteiger partial charge in [0.1, 0.15) is 5.82 Å². The second-order valence-electron chi connectivity index (χ2n) is 5.15. The first-order valence-corrected chi connectivity index (χ1v) is 7.61. The number of carbonyl (C=O) groups is 2. The molecule has 1 aromatic rings. The number of nitrogens with zero attached hydrogens (tertiary/aromatic N) is 2. The van der Waals surface area contributed by atoms with Gasteiger partial charge >= 0.3 is 12.2 Å². The maximum Gasteiger partial charge on any atom is 0.411 e. The van der Waals surface area contributed by atoms with Gasteiger partial charge in [-0.1, -0.05) is 0 Å². The van der Waals surface area contributed by atoms with E-state index in [4.69, 9.17) is 4.74 Å². The van der Waals surface area contributed by atoms with Gasteiger partial charge in [0.15, 0.2) is 0 Å². The number of piperidine rings is 1. The molecule has 2 heterocycles. The van der Waals surface area contributed by atoms with Crippen molar-refractivity contribution in [2.45, 2.75) is 25.8 Å². The van der Waals surface area contributed by atoms with Crippen LogP contribution in [-0.2, 0) is 9.47 Å². The number of likely N-dealkylation sites (tertiary alicyclic amines) is 1. The monoisotopic (exact) mass is 322 g/mol. The highest BCUT2D eigenvalue weighted by molar-refractivity contribution is 5.84. The van der Waals surface area contributed by atoms with Crippen molar-refractivity contribution in [1.82, 2.24) is 9.88 Å². The molecule has 1 saturated heterocycles. The molecule has 2 rings (SSSR count). The molecule has 2 N–H and O–H groups in total. The summed E-state index contributed by atoms with van der Waals surface area (Å²) in [5.41, 5.74) is 0.569. The first-order valence-electron chi connectivity index (χ1n) is 7.61. The summed E-state index contributed by atoms with van der Waals surface area (Å²) < 4.78 is 9.52. The van der Waals surface area contributed by atoms with Gasteiger partial charge in [-0.2, -0.15) is 0 Å². The fourth-order valence-corrected chi connectivity index (χ4v) is 2.35. The Balaban J connectivity index is 1.80. The predicted molar refractivity (Wildman–Crippen MR) is 85.5 cm³/mol. The molecule has 1 aromatic heterocycles. The second kappa shape index (κ2) is 8.21. The maximum absolute atomic E-state index is 11.6.